The molecule has 1 aliphatic rings. The number of carbonyl (C=O) groups excluding carboxylic acids is 1. The maximum atomic E-state index is 12.2. The lowest BCUT2D eigenvalue weighted by molar-refractivity contribution is -0.116. The molecule has 6 nitrogen and oxygen atoms in total. The number of rotatable bonds is 9. The molecule has 26 heavy (non-hydrogen) atoms. The minimum Gasteiger partial charge on any atom is -0.488 e. The first-order valence-electron chi connectivity index (χ1n) is 9.09. The first-order chi connectivity index (χ1) is 12.6. The molecule has 1 heterocycles. The predicted molar refractivity (Wildman–Crippen MR) is 101 cm³/mol. The number of hydrogen-bond acceptors (Lipinski definition) is 4. The highest BCUT2D eigenvalue weighted by atomic mass is 16.5. The molecule has 1 aromatic carbocycles. The molecule has 3 rings (SSSR count). The number of amides is 1. The molecule has 0 spiro atoms. The third-order valence-electron chi connectivity index (χ3n) is 4.73. The summed E-state index contributed by atoms with van der Waals surface area (Å²) >= 11 is 0. The van der Waals surface area contributed by atoms with E-state index in [0.717, 1.165) is 22.7 Å². The molecular formula is C20H26N4O2. The molecular weight excluding hydrogens is 328 g/mol. The second-order valence-corrected chi connectivity index (χ2v) is 6.88. The van der Waals surface area contributed by atoms with Gasteiger partial charge in [-0.05, 0) is 49.3 Å². The third kappa shape index (κ3) is 4.31. The molecule has 2 N–H and O–H groups in total. The second-order valence-electron chi connectivity index (χ2n) is 6.88. The number of aryl methyl sites for hydroxylation is 2. The molecule has 1 amide bonds. The SMILES string of the molecule is Cc1ccccc1OCc1c(C2CC2)cn(C)c1NC(=O)CCCN=N. The van der Waals surface area contributed by atoms with Gasteiger partial charge in [0.05, 0.1) is 6.54 Å². The number of benzene rings is 1. The Kier molecular flexibility index (Phi) is 5.71. The molecule has 2 aromatic rings. The van der Waals surface area contributed by atoms with Gasteiger partial charge in [-0.2, -0.15) is 5.11 Å². The van der Waals surface area contributed by atoms with E-state index in [-0.39, 0.29) is 5.91 Å². The van der Waals surface area contributed by atoms with E-state index in [1.807, 2.05) is 42.8 Å². The largest absolute Gasteiger partial charge is 0.488 e. The standard InChI is InChI=1S/C20H26N4O2/c1-14-6-3-4-7-18(14)26-13-17-16(15-9-10-15)12-24(2)20(17)23-19(25)8-5-11-22-21/h3-4,6-7,12,15,21H,5,8-11,13H2,1-2H3,(H,23,25). The Morgan fingerprint density at radius 1 is 1.38 bits per heavy atom. The fourth-order valence-electron chi connectivity index (χ4n) is 3.14. The Hall–Kier alpha value is -2.63. The Labute approximate surface area is 154 Å². The summed E-state index contributed by atoms with van der Waals surface area (Å²) in [5, 5.41) is 6.33. The number of aromatic nitrogens is 1. The first-order valence-corrected chi connectivity index (χ1v) is 9.09. The lowest BCUT2D eigenvalue weighted by Crippen LogP contribution is -2.16. The Morgan fingerprint density at radius 2 is 2.15 bits per heavy atom. The Bertz CT molecular complexity index is 793. The van der Waals surface area contributed by atoms with E-state index < -0.39 is 0 Å². The average Bonchev–Trinajstić information content (AvgIpc) is 3.41. The van der Waals surface area contributed by atoms with Gasteiger partial charge in [0.25, 0.3) is 0 Å². The number of para-hydroxylation sites is 1. The minimum absolute atomic E-state index is 0.0469. The summed E-state index contributed by atoms with van der Waals surface area (Å²) in [4.78, 5) is 12.2. The number of ether oxygens (including phenoxy) is 1. The van der Waals surface area contributed by atoms with Crippen LogP contribution in [-0.2, 0) is 18.4 Å². The number of nitrogens with zero attached hydrogens (tertiary/aromatic N) is 2. The number of carbonyl (C=O) groups is 1. The number of anilines is 1. The van der Waals surface area contributed by atoms with Crippen molar-refractivity contribution in [2.45, 2.75) is 45.1 Å². The van der Waals surface area contributed by atoms with E-state index in [4.69, 9.17) is 10.3 Å². The van der Waals surface area contributed by atoms with Crippen molar-refractivity contribution in [1.29, 1.82) is 5.53 Å². The van der Waals surface area contributed by atoms with Gasteiger partial charge in [-0.25, -0.2) is 5.53 Å². The molecule has 1 fully saturated rings. The smallest absolute Gasteiger partial charge is 0.225 e. The van der Waals surface area contributed by atoms with Crippen LogP contribution in [0, 0.1) is 12.5 Å². The van der Waals surface area contributed by atoms with Crippen molar-refractivity contribution in [3.05, 3.63) is 47.2 Å². The number of hydrogen-bond donors (Lipinski definition) is 2. The zero-order valence-corrected chi connectivity index (χ0v) is 15.4. The highest BCUT2D eigenvalue weighted by Gasteiger charge is 2.30. The van der Waals surface area contributed by atoms with Crippen LogP contribution < -0.4 is 10.1 Å². The summed E-state index contributed by atoms with van der Waals surface area (Å²) in [6, 6.07) is 7.96. The lowest BCUT2D eigenvalue weighted by Gasteiger charge is -2.13. The van der Waals surface area contributed by atoms with Crippen LogP contribution >= 0.6 is 0 Å². The molecule has 0 unspecified atom stereocenters. The van der Waals surface area contributed by atoms with Crippen LogP contribution in [0.1, 0.15) is 48.3 Å². The lowest BCUT2D eigenvalue weighted by atomic mass is 10.1. The summed E-state index contributed by atoms with van der Waals surface area (Å²) in [7, 11) is 1.96. The van der Waals surface area contributed by atoms with Crippen LogP contribution in [0.2, 0.25) is 0 Å². The van der Waals surface area contributed by atoms with E-state index in [2.05, 4.69) is 16.6 Å². The fraction of sp³-hybridized carbons (Fsp3) is 0.450. The molecule has 6 heteroatoms. The summed E-state index contributed by atoms with van der Waals surface area (Å²) in [5.41, 5.74) is 10.3. The third-order valence-corrected chi connectivity index (χ3v) is 4.73. The van der Waals surface area contributed by atoms with Crippen LogP contribution in [0.15, 0.2) is 35.6 Å². The molecule has 1 aromatic heterocycles. The van der Waals surface area contributed by atoms with Gasteiger partial charge in [-0.15, -0.1) is 0 Å². The summed E-state index contributed by atoms with van der Waals surface area (Å²) in [6.45, 7) is 2.86. The highest BCUT2D eigenvalue weighted by Crippen LogP contribution is 2.44. The topological polar surface area (TPSA) is 79.5 Å². The Balaban J connectivity index is 1.77. The van der Waals surface area contributed by atoms with Gasteiger partial charge in [0.15, 0.2) is 0 Å². The van der Waals surface area contributed by atoms with Crippen molar-refractivity contribution in [3.63, 3.8) is 0 Å². The fourth-order valence-corrected chi connectivity index (χ4v) is 3.14. The van der Waals surface area contributed by atoms with Gasteiger partial charge in [0, 0.05) is 25.2 Å². The Morgan fingerprint density at radius 3 is 2.85 bits per heavy atom. The van der Waals surface area contributed by atoms with Gasteiger partial charge < -0.3 is 14.6 Å². The maximum Gasteiger partial charge on any atom is 0.225 e. The summed E-state index contributed by atoms with van der Waals surface area (Å²) < 4.78 is 8.05. The van der Waals surface area contributed by atoms with Crippen molar-refractivity contribution in [3.8, 4) is 5.75 Å². The van der Waals surface area contributed by atoms with Gasteiger partial charge in [0.2, 0.25) is 5.91 Å². The highest BCUT2D eigenvalue weighted by molar-refractivity contribution is 5.91. The van der Waals surface area contributed by atoms with Crippen LogP contribution in [0.3, 0.4) is 0 Å². The molecule has 0 radical (unpaired) electrons. The van der Waals surface area contributed by atoms with Crippen LogP contribution in [0.5, 0.6) is 5.75 Å². The van der Waals surface area contributed by atoms with E-state index in [1.165, 1.54) is 18.4 Å². The van der Waals surface area contributed by atoms with Crippen LogP contribution in [0.4, 0.5) is 5.82 Å². The predicted octanol–water partition coefficient (Wildman–Crippen LogP) is 4.54. The van der Waals surface area contributed by atoms with E-state index >= 15 is 0 Å². The number of nitrogens with one attached hydrogen (secondary N) is 2. The van der Waals surface area contributed by atoms with Gasteiger partial charge in [0.1, 0.15) is 18.2 Å². The van der Waals surface area contributed by atoms with Crippen molar-refractivity contribution in [2.75, 3.05) is 11.9 Å². The zero-order chi connectivity index (χ0) is 18.5. The normalized spacial score (nSPS) is 13.5. The summed E-state index contributed by atoms with van der Waals surface area (Å²) in [6.07, 6.45) is 5.46. The molecule has 1 aliphatic carbocycles. The molecule has 0 bridgehead atoms. The van der Waals surface area contributed by atoms with E-state index in [0.29, 0.717) is 31.9 Å². The average molecular weight is 354 g/mol. The molecule has 0 saturated heterocycles. The zero-order valence-electron chi connectivity index (χ0n) is 15.4. The van der Waals surface area contributed by atoms with Crippen LogP contribution in [0.25, 0.3) is 0 Å². The first kappa shape index (κ1) is 18.2. The monoisotopic (exact) mass is 354 g/mol. The van der Waals surface area contributed by atoms with Crippen molar-refractivity contribution in [2.24, 2.45) is 12.2 Å². The molecule has 1 saturated carbocycles. The van der Waals surface area contributed by atoms with Gasteiger partial charge >= 0.3 is 0 Å². The molecule has 0 atom stereocenters. The molecule has 0 aliphatic heterocycles. The van der Waals surface area contributed by atoms with Crippen molar-refractivity contribution in [1.82, 2.24) is 4.57 Å². The van der Waals surface area contributed by atoms with Gasteiger partial charge in [-0.3, -0.25) is 4.79 Å². The van der Waals surface area contributed by atoms with Crippen LogP contribution in [-0.4, -0.2) is 17.0 Å². The summed E-state index contributed by atoms with van der Waals surface area (Å²) in [5.74, 6) is 2.21. The quantitative estimate of drug-likeness (QED) is 0.512. The van der Waals surface area contributed by atoms with Gasteiger partial charge in [-0.1, -0.05) is 18.2 Å². The minimum atomic E-state index is -0.0469. The van der Waals surface area contributed by atoms with Crippen molar-refractivity contribution >= 4 is 11.7 Å². The maximum absolute atomic E-state index is 12.2. The second kappa shape index (κ2) is 8.17. The van der Waals surface area contributed by atoms with E-state index in [9.17, 15) is 4.79 Å². The molecule has 138 valence electrons. The van der Waals surface area contributed by atoms with E-state index in [1.54, 1.807) is 0 Å². The van der Waals surface area contributed by atoms with Crippen molar-refractivity contribution < 1.29 is 9.53 Å².